The number of hydrogen-bond acceptors (Lipinski definition) is 3. The topological polar surface area (TPSA) is 48.1 Å². The molecule has 0 saturated carbocycles. The summed E-state index contributed by atoms with van der Waals surface area (Å²) in [5.41, 5.74) is 5.23. The van der Waals surface area contributed by atoms with Gasteiger partial charge in [0.05, 0.1) is 5.02 Å². The third-order valence-electron chi connectivity index (χ3n) is 1.07. The summed E-state index contributed by atoms with van der Waals surface area (Å²) in [4.78, 5) is 3.91. The molecule has 0 atom stereocenters. The van der Waals surface area contributed by atoms with Crippen molar-refractivity contribution in [2.45, 2.75) is 0 Å². The molecule has 0 radical (unpaired) electrons. The zero-order valence-electron chi connectivity index (χ0n) is 5.96. The Morgan fingerprint density at radius 2 is 2.36 bits per heavy atom. The summed E-state index contributed by atoms with van der Waals surface area (Å²) in [6.45, 7) is 0.971. The molecule has 0 aliphatic heterocycles. The highest BCUT2D eigenvalue weighted by Gasteiger charge is 1.92. The molecule has 3 nitrogen and oxygen atoms in total. The molecule has 0 aliphatic rings. The van der Waals surface area contributed by atoms with Crippen molar-refractivity contribution in [3.63, 3.8) is 0 Å². The number of ether oxygens (including phenoxy) is 1. The molecule has 0 spiro atoms. The van der Waals surface area contributed by atoms with Gasteiger partial charge in [0, 0.05) is 18.8 Å². The summed E-state index contributed by atoms with van der Waals surface area (Å²) in [6.07, 6.45) is 1.54. The fraction of sp³-hybridized carbons (Fsp3) is 0.286. The minimum absolute atomic E-state index is 0.481. The molecule has 1 heterocycles. The zero-order valence-corrected chi connectivity index (χ0v) is 6.71. The zero-order chi connectivity index (χ0) is 8.10. The lowest BCUT2D eigenvalue weighted by atomic mass is 10.5. The van der Waals surface area contributed by atoms with Crippen molar-refractivity contribution in [1.29, 1.82) is 0 Å². The summed E-state index contributed by atoms with van der Waals surface area (Å²) >= 11 is 5.60. The molecule has 60 valence electrons. The van der Waals surface area contributed by atoms with Crippen LogP contribution in [-0.4, -0.2) is 18.1 Å². The Kier molecular flexibility index (Phi) is 3.14. The van der Waals surface area contributed by atoms with Crippen LogP contribution in [0.1, 0.15) is 0 Å². The van der Waals surface area contributed by atoms with Gasteiger partial charge < -0.3 is 10.5 Å². The molecule has 0 bridgehead atoms. The number of nitrogens with zero attached hydrogens (tertiary/aromatic N) is 1. The standard InChI is InChI=1S/C7H9ClN2O/c8-6-1-2-7(10-5-6)11-4-3-9/h1-2,5H,3-4,9H2. The van der Waals surface area contributed by atoms with E-state index in [0.717, 1.165) is 0 Å². The smallest absolute Gasteiger partial charge is 0.213 e. The Balaban J connectivity index is 2.52. The maximum absolute atomic E-state index is 5.60. The van der Waals surface area contributed by atoms with Crippen molar-refractivity contribution in [3.8, 4) is 5.88 Å². The molecule has 0 aromatic carbocycles. The van der Waals surface area contributed by atoms with Crippen molar-refractivity contribution in [1.82, 2.24) is 4.98 Å². The fourth-order valence-electron chi connectivity index (χ4n) is 0.611. The Morgan fingerprint density at radius 3 is 2.91 bits per heavy atom. The van der Waals surface area contributed by atoms with Crippen LogP contribution in [0.4, 0.5) is 0 Å². The van der Waals surface area contributed by atoms with Crippen LogP contribution in [0, 0.1) is 0 Å². The number of pyridine rings is 1. The van der Waals surface area contributed by atoms with Gasteiger partial charge in [0.1, 0.15) is 6.61 Å². The van der Waals surface area contributed by atoms with Crippen LogP contribution in [0.5, 0.6) is 5.88 Å². The van der Waals surface area contributed by atoms with E-state index in [-0.39, 0.29) is 0 Å². The predicted molar refractivity (Wildman–Crippen MR) is 43.8 cm³/mol. The van der Waals surface area contributed by atoms with Crippen molar-refractivity contribution in [2.24, 2.45) is 5.73 Å². The maximum atomic E-state index is 5.60. The molecule has 4 heteroatoms. The molecule has 1 rings (SSSR count). The van der Waals surface area contributed by atoms with Crippen LogP contribution in [0.25, 0.3) is 0 Å². The minimum Gasteiger partial charge on any atom is -0.476 e. The lowest BCUT2D eigenvalue weighted by Gasteiger charge is -2.01. The first-order chi connectivity index (χ1) is 5.33. The third kappa shape index (κ3) is 2.74. The van der Waals surface area contributed by atoms with Gasteiger partial charge in [-0.25, -0.2) is 4.98 Å². The number of hydrogen-bond donors (Lipinski definition) is 1. The molecule has 2 N–H and O–H groups in total. The highest BCUT2D eigenvalue weighted by molar-refractivity contribution is 6.30. The van der Waals surface area contributed by atoms with Crippen LogP contribution >= 0.6 is 11.6 Å². The van der Waals surface area contributed by atoms with Crippen LogP contribution < -0.4 is 10.5 Å². The quantitative estimate of drug-likeness (QED) is 0.742. The molecule has 0 unspecified atom stereocenters. The fourth-order valence-corrected chi connectivity index (χ4v) is 0.723. The van der Waals surface area contributed by atoms with E-state index in [1.165, 1.54) is 6.20 Å². The van der Waals surface area contributed by atoms with E-state index in [1.807, 2.05) is 0 Å². The largest absolute Gasteiger partial charge is 0.476 e. The summed E-state index contributed by atoms with van der Waals surface area (Å²) in [5.74, 6) is 0.555. The van der Waals surface area contributed by atoms with Crippen molar-refractivity contribution >= 4 is 11.6 Å². The van der Waals surface area contributed by atoms with Gasteiger partial charge in [-0.3, -0.25) is 0 Å². The van der Waals surface area contributed by atoms with E-state index in [9.17, 15) is 0 Å². The highest BCUT2D eigenvalue weighted by Crippen LogP contribution is 2.10. The maximum Gasteiger partial charge on any atom is 0.213 e. The van der Waals surface area contributed by atoms with Gasteiger partial charge in [0.2, 0.25) is 5.88 Å². The van der Waals surface area contributed by atoms with E-state index in [1.54, 1.807) is 12.1 Å². The number of aromatic nitrogens is 1. The molecule has 1 aromatic rings. The summed E-state index contributed by atoms with van der Waals surface area (Å²) in [6, 6.07) is 3.43. The molecule has 1 aromatic heterocycles. The molecule has 0 fully saturated rings. The van der Waals surface area contributed by atoms with Gasteiger partial charge in [-0.15, -0.1) is 0 Å². The molecular formula is C7H9ClN2O. The Hall–Kier alpha value is -0.800. The van der Waals surface area contributed by atoms with E-state index < -0.39 is 0 Å². The van der Waals surface area contributed by atoms with Gasteiger partial charge in [-0.2, -0.15) is 0 Å². The Morgan fingerprint density at radius 1 is 1.55 bits per heavy atom. The third-order valence-corrected chi connectivity index (χ3v) is 1.29. The van der Waals surface area contributed by atoms with E-state index >= 15 is 0 Å². The predicted octanol–water partition coefficient (Wildman–Crippen LogP) is 1.07. The second-order valence-corrected chi connectivity index (χ2v) is 2.39. The summed E-state index contributed by atoms with van der Waals surface area (Å²) in [5, 5.41) is 0.602. The van der Waals surface area contributed by atoms with Gasteiger partial charge >= 0.3 is 0 Å². The monoisotopic (exact) mass is 172 g/mol. The van der Waals surface area contributed by atoms with Crippen LogP contribution in [-0.2, 0) is 0 Å². The average molecular weight is 173 g/mol. The highest BCUT2D eigenvalue weighted by atomic mass is 35.5. The molecule has 0 amide bonds. The number of rotatable bonds is 3. The Labute approximate surface area is 70.1 Å². The molecule has 0 aliphatic carbocycles. The first kappa shape index (κ1) is 8.30. The average Bonchev–Trinajstić information content (AvgIpc) is 2.04. The Bertz CT molecular complexity index is 212. The molecule has 11 heavy (non-hydrogen) atoms. The SMILES string of the molecule is NCCOc1ccc(Cl)cn1. The van der Waals surface area contributed by atoms with Gasteiger partial charge in [-0.05, 0) is 6.07 Å². The number of halogens is 1. The van der Waals surface area contributed by atoms with Gasteiger partial charge in [0.25, 0.3) is 0 Å². The molecular weight excluding hydrogens is 164 g/mol. The first-order valence-corrected chi connectivity index (χ1v) is 3.65. The lowest BCUT2D eigenvalue weighted by molar-refractivity contribution is 0.315. The van der Waals surface area contributed by atoms with Crippen molar-refractivity contribution in [2.75, 3.05) is 13.2 Å². The number of nitrogens with two attached hydrogens (primary N) is 1. The lowest BCUT2D eigenvalue weighted by Crippen LogP contribution is -2.11. The summed E-state index contributed by atoms with van der Waals surface area (Å²) in [7, 11) is 0. The van der Waals surface area contributed by atoms with E-state index in [4.69, 9.17) is 22.1 Å². The van der Waals surface area contributed by atoms with E-state index in [0.29, 0.717) is 24.1 Å². The summed E-state index contributed by atoms with van der Waals surface area (Å²) < 4.78 is 5.12. The van der Waals surface area contributed by atoms with E-state index in [2.05, 4.69) is 4.98 Å². The molecule has 0 saturated heterocycles. The van der Waals surface area contributed by atoms with Crippen LogP contribution in [0.3, 0.4) is 0 Å². The van der Waals surface area contributed by atoms with Gasteiger partial charge in [-0.1, -0.05) is 11.6 Å². The first-order valence-electron chi connectivity index (χ1n) is 3.27. The van der Waals surface area contributed by atoms with Crippen LogP contribution in [0.2, 0.25) is 5.02 Å². The van der Waals surface area contributed by atoms with Gasteiger partial charge in [0.15, 0.2) is 0 Å². The normalized spacial score (nSPS) is 9.64. The van der Waals surface area contributed by atoms with Crippen LogP contribution in [0.15, 0.2) is 18.3 Å². The van der Waals surface area contributed by atoms with Crippen molar-refractivity contribution in [3.05, 3.63) is 23.4 Å². The minimum atomic E-state index is 0.481. The second-order valence-electron chi connectivity index (χ2n) is 1.95. The van der Waals surface area contributed by atoms with Crippen molar-refractivity contribution < 1.29 is 4.74 Å². The second kappa shape index (κ2) is 4.16.